The minimum absolute atomic E-state index is 0.0606. The molecule has 0 rings (SSSR count). The van der Waals surface area contributed by atoms with Crippen molar-refractivity contribution >= 4 is 11.9 Å². The number of rotatable bonds is 47. The predicted molar refractivity (Wildman–Crippen MR) is 251 cm³/mol. The summed E-state index contributed by atoms with van der Waals surface area (Å²) in [6, 6.07) is 0. The third-order valence-electron chi connectivity index (χ3n) is 11.4. The molecule has 0 aliphatic rings. The van der Waals surface area contributed by atoms with Crippen molar-refractivity contribution in [1.29, 1.82) is 0 Å². The maximum atomic E-state index is 12.2. The number of hydrogen-bond donors (Lipinski definition) is 1. The Balaban J connectivity index is 3.41. The van der Waals surface area contributed by atoms with Crippen LogP contribution < -0.4 is 0 Å². The van der Waals surface area contributed by atoms with Gasteiger partial charge in [0.15, 0.2) is 6.10 Å². The van der Waals surface area contributed by atoms with Crippen molar-refractivity contribution < 1.29 is 24.2 Å². The molecule has 1 atom stereocenters. The first-order valence-corrected chi connectivity index (χ1v) is 25.5. The maximum Gasteiger partial charge on any atom is 0.306 e. The van der Waals surface area contributed by atoms with Crippen molar-refractivity contribution in [3.8, 4) is 0 Å². The van der Waals surface area contributed by atoms with Crippen molar-refractivity contribution in [2.45, 2.75) is 277 Å². The first-order chi connectivity index (χ1) is 28.6. The van der Waals surface area contributed by atoms with Crippen LogP contribution in [0, 0.1) is 0 Å². The zero-order chi connectivity index (χ0) is 42.1. The van der Waals surface area contributed by atoms with Gasteiger partial charge in [0.05, 0.1) is 6.61 Å². The van der Waals surface area contributed by atoms with Gasteiger partial charge in [-0.05, 0) is 51.4 Å². The molecule has 0 aliphatic carbocycles. The lowest BCUT2D eigenvalue weighted by Crippen LogP contribution is -2.28. The lowest BCUT2D eigenvalue weighted by atomic mass is 10.0. The van der Waals surface area contributed by atoms with E-state index in [9.17, 15) is 14.7 Å². The summed E-state index contributed by atoms with van der Waals surface area (Å²) in [4.78, 5) is 24.3. The van der Waals surface area contributed by atoms with E-state index in [1.807, 2.05) is 0 Å². The Morgan fingerprint density at radius 3 is 1.03 bits per heavy atom. The minimum atomic E-state index is -0.766. The van der Waals surface area contributed by atoms with Gasteiger partial charge in [0, 0.05) is 12.8 Å². The fourth-order valence-electron chi connectivity index (χ4n) is 7.56. The number of carbonyl (C=O) groups excluding carboxylic acids is 2. The molecule has 0 bridgehead atoms. The molecule has 1 N–H and O–H groups in total. The molecule has 58 heavy (non-hydrogen) atoms. The van der Waals surface area contributed by atoms with Crippen LogP contribution in [0.1, 0.15) is 271 Å². The van der Waals surface area contributed by atoms with Crippen molar-refractivity contribution in [2.24, 2.45) is 0 Å². The van der Waals surface area contributed by atoms with Crippen molar-refractivity contribution in [3.05, 3.63) is 36.5 Å². The molecule has 0 heterocycles. The maximum absolute atomic E-state index is 12.2. The van der Waals surface area contributed by atoms with E-state index in [0.29, 0.717) is 12.8 Å². The van der Waals surface area contributed by atoms with E-state index < -0.39 is 6.10 Å². The fourth-order valence-corrected chi connectivity index (χ4v) is 7.56. The first-order valence-electron chi connectivity index (χ1n) is 25.5. The molecule has 5 heteroatoms. The van der Waals surface area contributed by atoms with Gasteiger partial charge in [-0.3, -0.25) is 9.59 Å². The number of aliphatic hydroxyl groups is 1. The van der Waals surface area contributed by atoms with Crippen LogP contribution in [-0.4, -0.2) is 36.4 Å². The van der Waals surface area contributed by atoms with Crippen LogP contribution in [0.2, 0.25) is 0 Å². The second kappa shape index (κ2) is 49.5. The van der Waals surface area contributed by atoms with Crippen molar-refractivity contribution in [2.75, 3.05) is 13.2 Å². The summed E-state index contributed by atoms with van der Waals surface area (Å²) >= 11 is 0. The molecule has 0 aliphatic heterocycles. The molecule has 0 saturated heterocycles. The average Bonchev–Trinajstić information content (AvgIpc) is 3.23. The summed E-state index contributed by atoms with van der Waals surface area (Å²) < 4.78 is 10.6. The van der Waals surface area contributed by atoms with Gasteiger partial charge in [-0.25, -0.2) is 0 Å². The molecule has 0 aromatic carbocycles. The van der Waals surface area contributed by atoms with Crippen LogP contribution in [-0.2, 0) is 19.1 Å². The van der Waals surface area contributed by atoms with Crippen LogP contribution in [0.4, 0.5) is 0 Å². The molecular formula is C53H98O5. The Labute approximate surface area is 361 Å². The highest BCUT2D eigenvalue weighted by molar-refractivity contribution is 5.70. The molecule has 0 spiro atoms. The second-order valence-corrected chi connectivity index (χ2v) is 17.3. The van der Waals surface area contributed by atoms with E-state index in [1.54, 1.807) is 0 Å². The molecule has 0 aromatic rings. The summed E-state index contributed by atoms with van der Waals surface area (Å²) in [7, 11) is 0. The standard InChI is InChI=1S/C53H98O5/c1-3-5-7-9-11-13-15-16-17-18-19-20-21-22-23-24-25-26-27-28-29-30-31-32-33-34-35-36-38-40-42-44-46-48-53(56)58-51(49-54)50-57-52(55)47-45-43-41-39-37-14-12-10-8-6-4-2/h15-16,18-19,21-22,51,54H,3-14,17,20,23-50H2,1-2H3/b16-15-,19-18-,22-21-. The minimum Gasteiger partial charge on any atom is -0.462 e. The number of allylic oxidation sites excluding steroid dienone is 6. The van der Waals surface area contributed by atoms with Gasteiger partial charge in [0.1, 0.15) is 6.61 Å². The van der Waals surface area contributed by atoms with E-state index in [2.05, 4.69) is 50.3 Å². The molecular weight excluding hydrogens is 717 g/mol. The van der Waals surface area contributed by atoms with E-state index in [1.165, 1.54) is 193 Å². The Morgan fingerprint density at radius 2 is 0.690 bits per heavy atom. The van der Waals surface area contributed by atoms with Gasteiger partial charge in [0.25, 0.3) is 0 Å². The van der Waals surface area contributed by atoms with Crippen LogP contribution in [0.3, 0.4) is 0 Å². The number of aliphatic hydroxyl groups excluding tert-OH is 1. The Kier molecular flexibility index (Phi) is 47.9. The van der Waals surface area contributed by atoms with Crippen LogP contribution in [0.25, 0.3) is 0 Å². The molecule has 340 valence electrons. The monoisotopic (exact) mass is 815 g/mol. The van der Waals surface area contributed by atoms with Gasteiger partial charge < -0.3 is 14.6 Å². The number of hydrogen-bond acceptors (Lipinski definition) is 5. The molecule has 0 saturated carbocycles. The number of ether oxygens (including phenoxy) is 2. The zero-order valence-electron chi connectivity index (χ0n) is 38.8. The molecule has 5 nitrogen and oxygen atoms in total. The molecule has 0 fully saturated rings. The second-order valence-electron chi connectivity index (χ2n) is 17.3. The summed E-state index contributed by atoms with van der Waals surface area (Å²) in [6.45, 7) is 4.14. The highest BCUT2D eigenvalue weighted by atomic mass is 16.6. The smallest absolute Gasteiger partial charge is 0.306 e. The predicted octanol–water partition coefficient (Wildman–Crippen LogP) is 16.7. The van der Waals surface area contributed by atoms with Crippen LogP contribution in [0.5, 0.6) is 0 Å². The topological polar surface area (TPSA) is 72.8 Å². The molecule has 0 amide bonds. The third-order valence-corrected chi connectivity index (χ3v) is 11.4. The van der Waals surface area contributed by atoms with Crippen molar-refractivity contribution in [1.82, 2.24) is 0 Å². The lowest BCUT2D eigenvalue weighted by Gasteiger charge is -2.15. The average molecular weight is 815 g/mol. The van der Waals surface area contributed by atoms with Gasteiger partial charge in [-0.15, -0.1) is 0 Å². The number of esters is 2. The summed E-state index contributed by atoms with van der Waals surface area (Å²) in [5, 5.41) is 9.59. The lowest BCUT2D eigenvalue weighted by molar-refractivity contribution is -0.161. The fraction of sp³-hybridized carbons (Fsp3) is 0.849. The Bertz CT molecular complexity index is 924. The highest BCUT2D eigenvalue weighted by Gasteiger charge is 2.16. The van der Waals surface area contributed by atoms with E-state index >= 15 is 0 Å². The number of unbranched alkanes of at least 4 members (excludes halogenated alkanes) is 33. The van der Waals surface area contributed by atoms with E-state index in [-0.39, 0.29) is 25.2 Å². The van der Waals surface area contributed by atoms with Gasteiger partial charge >= 0.3 is 11.9 Å². The summed E-state index contributed by atoms with van der Waals surface area (Å²) in [5.41, 5.74) is 0. The SMILES string of the molecule is CCCCCCC/C=C\C/C=C\C/C=C\CCCCCCCCCCCCCCCCCCCCC(=O)OC(CO)COC(=O)CCCCCCCCCCCCC. The van der Waals surface area contributed by atoms with Crippen LogP contribution >= 0.6 is 0 Å². The Hall–Kier alpha value is -1.88. The molecule has 0 aromatic heterocycles. The zero-order valence-corrected chi connectivity index (χ0v) is 38.8. The van der Waals surface area contributed by atoms with Gasteiger partial charge in [0.2, 0.25) is 0 Å². The Morgan fingerprint density at radius 1 is 0.397 bits per heavy atom. The third kappa shape index (κ3) is 46.8. The highest BCUT2D eigenvalue weighted by Crippen LogP contribution is 2.16. The number of carbonyl (C=O) groups is 2. The summed E-state index contributed by atoms with van der Waals surface area (Å²) in [6.07, 6.45) is 62.6. The molecule has 1 unspecified atom stereocenters. The largest absolute Gasteiger partial charge is 0.462 e. The quantitative estimate of drug-likeness (QED) is 0.0376. The summed E-state index contributed by atoms with van der Waals surface area (Å²) in [5.74, 6) is -0.579. The molecule has 0 radical (unpaired) electrons. The van der Waals surface area contributed by atoms with Gasteiger partial charge in [-0.2, -0.15) is 0 Å². The first kappa shape index (κ1) is 56.1. The normalized spacial score (nSPS) is 12.4. The van der Waals surface area contributed by atoms with Crippen molar-refractivity contribution in [3.63, 3.8) is 0 Å². The van der Waals surface area contributed by atoms with E-state index in [0.717, 1.165) is 51.4 Å². The van der Waals surface area contributed by atoms with Gasteiger partial charge in [-0.1, -0.05) is 243 Å². The van der Waals surface area contributed by atoms with Crippen LogP contribution in [0.15, 0.2) is 36.5 Å². The van der Waals surface area contributed by atoms with E-state index in [4.69, 9.17) is 9.47 Å².